The first kappa shape index (κ1) is 21.6. The van der Waals surface area contributed by atoms with E-state index in [-0.39, 0.29) is 29.8 Å². The van der Waals surface area contributed by atoms with Crippen LogP contribution in [0.1, 0.15) is 37.6 Å². The van der Waals surface area contributed by atoms with Crippen LogP contribution in [-0.4, -0.2) is 18.5 Å². The topological polar surface area (TPSA) is 84.2 Å². The van der Waals surface area contributed by atoms with Crippen molar-refractivity contribution < 1.29 is 33.0 Å². The van der Waals surface area contributed by atoms with Gasteiger partial charge >= 0.3 is 5.97 Å². The van der Waals surface area contributed by atoms with Crippen LogP contribution in [0.3, 0.4) is 0 Å². The monoisotopic (exact) mass is 532 g/mol. The molecule has 174 valence electrons. The lowest BCUT2D eigenvalue weighted by atomic mass is 10.0. The molecule has 2 aliphatic rings. The Morgan fingerprint density at radius 3 is 2.80 bits per heavy atom. The fourth-order valence-electron chi connectivity index (χ4n) is 4.17. The Morgan fingerprint density at radius 2 is 1.94 bits per heavy atom. The fraction of sp³-hybridized carbons (Fsp3) is 0.111. The minimum atomic E-state index is -0.635. The molecule has 0 atom stereocenters. The van der Waals surface area contributed by atoms with Crippen LogP contribution in [0, 0.1) is 6.92 Å². The van der Waals surface area contributed by atoms with Gasteiger partial charge in [0, 0.05) is 26.5 Å². The highest BCUT2D eigenvalue weighted by molar-refractivity contribution is 9.10. The standard InChI is InChI=1S/C27H17BrO7/c1-14-20(35-27(30)23-10-15-4-2-3-5-21(15)33-23)7-6-19-24(29)22(34-25(14)19)11-16-8-18(28)9-17-12-31-13-32-26(16)17/h2-11H,12-13H2,1H3/b22-11-. The van der Waals surface area contributed by atoms with Gasteiger partial charge in [0.25, 0.3) is 0 Å². The van der Waals surface area contributed by atoms with Gasteiger partial charge in [-0.3, -0.25) is 4.79 Å². The number of hydrogen-bond acceptors (Lipinski definition) is 7. The smallest absolute Gasteiger partial charge is 0.379 e. The quantitative estimate of drug-likeness (QED) is 0.176. The number of ether oxygens (including phenoxy) is 4. The number of rotatable bonds is 3. The molecule has 0 N–H and O–H groups in total. The van der Waals surface area contributed by atoms with E-state index in [1.165, 1.54) is 0 Å². The third-order valence-electron chi connectivity index (χ3n) is 5.86. The molecule has 3 aromatic carbocycles. The van der Waals surface area contributed by atoms with Crippen molar-refractivity contribution >= 4 is 44.7 Å². The van der Waals surface area contributed by atoms with Crippen LogP contribution in [0.4, 0.5) is 0 Å². The Balaban J connectivity index is 1.30. The molecule has 0 saturated heterocycles. The summed E-state index contributed by atoms with van der Waals surface area (Å²) in [6.07, 6.45) is 1.65. The second-order valence-electron chi connectivity index (χ2n) is 8.14. The molecule has 0 radical (unpaired) electrons. The van der Waals surface area contributed by atoms with Crippen molar-refractivity contribution in [2.45, 2.75) is 13.5 Å². The molecule has 0 saturated carbocycles. The highest BCUT2D eigenvalue weighted by Crippen LogP contribution is 2.41. The van der Waals surface area contributed by atoms with Crippen molar-refractivity contribution in [1.82, 2.24) is 0 Å². The minimum absolute atomic E-state index is 0.0899. The summed E-state index contributed by atoms with van der Waals surface area (Å²) in [6, 6.07) is 15.9. The van der Waals surface area contributed by atoms with E-state index in [0.717, 1.165) is 15.4 Å². The Hall–Kier alpha value is -3.88. The summed E-state index contributed by atoms with van der Waals surface area (Å²) in [4.78, 5) is 25.8. The van der Waals surface area contributed by atoms with Crippen LogP contribution in [0.2, 0.25) is 0 Å². The maximum atomic E-state index is 13.1. The highest BCUT2D eigenvalue weighted by atomic mass is 79.9. The molecule has 0 unspecified atom stereocenters. The summed E-state index contributed by atoms with van der Waals surface area (Å²) < 4.78 is 29.0. The molecule has 35 heavy (non-hydrogen) atoms. The van der Waals surface area contributed by atoms with Crippen LogP contribution < -0.4 is 14.2 Å². The summed E-state index contributed by atoms with van der Waals surface area (Å²) in [5.41, 5.74) is 3.09. The first-order chi connectivity index (χ1) is 17.0. The Bertz CT molecular complexity index is 1530. The van der Waals surface area contributed by atoms with E-state index in [1.807, 2.05) is 30.3 Å². The van der Waals surface area contributed by atoms with Gasteiger partial charge in [-0.1, -0.05) is 34.1 Å². The lowest BCUT2D eigenvalue weighted by molar-refractivity contribution is -0.0165. The third kappa shape index (κ3) is 3.80. The minimum Gasteiger partial charge on any atom is -0.467 e. The molecular weight excluding hydrogens is 516 g/mol. The van der Waals surface area contributed by atoms with Gasteiger partial charge in [-0.25, -0.2) is 4.79 Å². The highest BCUT2D eigenvalue weighted by Gasteiger charge is 2.31. The molecular formula is C27H17BrO7. The van der Waals surface area contributed by atoms with Crippen molar-refractivity contribution in [3.05, 3.63) is 92.8 Å². The zero-order valence-electron chi connectivity index (χ0n) is 18.4. The normalized spacial score (nSPS) is 15.5. The molecule has 0 spiro atoms. The third-order valence-corrected chi connectivity index (χ3v) is 6.31. The van der Waals surface area contributed by atoms with Gasteiger partial charge in [0.1, 0.15) is 22.8 Å². The van der Waals surface area contributed by atoms with Gasteiger partial charge in [0.2, 0.25) is 11.5 Å². The van der Waals surface area contributed by atoms with Gasteiger partial charge in [-0.15, -0.1) is 0 Å². The molecule has 6 rings (SSSR count). The van der Waals surface area contributed by atoms with E-state index in [4.69, 9.17) is 23.4 Å². The number of halogens is 1. The van der Waals surface area contributed by atoms with Crippen LogP contribution >= 0.6 is 15.9 Å². The van der Waals surface area contributed by atoms with Crippen molar-refractivity contribution in [3.63, 3.8) is 0 Å². The fourth-order valence-corrected chi connectivity index (χ4v) is 4.69. The average Bonchev–Trinajstić information content (AvgIpc) is 3.43. The van der Waals surface area contributed by atoms with E-state index in [1.54, 1.807) is 37.3 Å². The molecule has 1 aromatic heterocycles. The second-order valence-corrected chi connectivity index (χ2v) is 9.05. The van der Waals surface area contributed by atoms with Gasteiger partial charge in [-0.05, 0) is 49.4 Å². The van der Waals surface area contributed by atoms with Crippen molar-refractivity contribution in [1.29, 1.82) is 0 Å². The van der Waals surface area contributed by atoms with Gasteiger partial charge < -0.3 is 23.4 Å². The van der Waals surface area contributed by atoms with E-state index < -0.39 is 5.97 Å². The van der Waals surface area contributed by atoms with Crippen LogP contribution in [0.25, 0.3) is 17.0 Å². The maximum absolute atomic E-state index is 13.1. The SMILES string of the molecule is Cc1c(OC(=O)c2cc3ccccc3o2)ccc2c1O/C(=C\c1cc(Br)cc3c1OCOC3)C2=O. The number of benzene rings is 3. The van der Waals surface area contributed by atoms with Crippen LogP contribution in [-0.2, 0) is 11.3 Å². The van der Waals surface area contributed by atoms with Gasteiger partial charge in [-0.2, -0.15) is 0 Å². The molecule has 7 nitrogen and oxygen atoms in total. The summed E-state index contributed by atoms with van der Waals surface area (Å²) in [5.74, 6) is 0.624. The Morgan fingerprint density at radius 1 is 1.09 bits per heavy atom. The predicted molar refractivity (Wildman–Crippen MR) is 130 cm³/mol. The number of ketones is 1. The van der Waals surface area contributed by atoms with E-state index in [9.17, 15) is 9.59 Å². The van der Waals surface area contributed by atoms with Gasteiger partial charge in [0.05, 0.1) is 12.2 Å². The maximum Gasteiger partial charge on any atom is 0.379 e. The number of furan rings is 1. The van der Waals surface area contributed by atoms with Crippen molar-refractivity contribution in [2.75, 3.05) is 6.79 Å². The summed E-state index contributed by atoms with van der Waals surface area (Å²) in [6.45, 7) is 2.29. The predicted octanol–water partition coefficient (Wildman–Crippen LogP) is 6.21. The zero-order valence-corrected chi connectivity index (χ0v) is 20.0. The summed E-state index contributed by atoms with van der Waals surface area (Å²) in [5, 5.41) is 0.805. The lowest BCUT2D eigenvalue weighted by Gasteiger charge is -2.20. The zero-order chi connectivity index (χ0) is 24.1. The number of fused-ring (bicyclic) bond motifs is 3. The number of allylic oxidation sites excluding steroid dienone is 1. The number of para-hydroxylation sites is 1. The second kappa shape index (κ2) is 8.41. The first-order valence-corrected chi connectivity index (χ1v) is 11.6. The largest absolute Gasteiger partial charge is 0.467 e. The molecule has 0 bridgehead atoms. The van der Waals surface area contributed by atoms with E-state index >= 15 is 0 Å². The molecule has 2 aliphatic heterocycles. The molecule has 0 amide bonds. The number of hydrogen-bond donors (Lipinski definition) is 0. The lowest BCUT2D eigenvalue weighted by Crippen LogP contribution is -2.12. The van der Waals surface area contributed by atoms with Crippen molar-refractivity contribution in [3.8, 4) is 17.2 Å². The van der Waals surface area contributed by atoms with Gasteiger partial charge in [0.15, 0.2) is 12.6 Å². The summed E-state index contributed by atoms with van der Waals surface area (Å²) >= 11 is 3.49. The summed E-state index contributed by atoms with van der Waals surface area (Å²) in [7, 11) is 0. The number of Topliss-reactive ketones (excluding diaryl/α,β-unsaturated/α-hetero) is 1. The molecule has 0 aliphatic carbocycles. The Kier molecular flexibility index (Phi) is 5.20. The average molecular weight is 533 g/mol. The number of carbonyl (C=O) groups excluding carboxylic acids is 2. The van der Waals surface area contributed by atoms with Crippen LogP contribution in [0.15, 0.2) is 69.2 Å². The molecule has 3 heterocycles. The number of carbonyl (C=O) groups is 2. The molecule has 8 heteroatoms. The van der Waals surface area contributed by atoms with E-state index in [2.05, 4.69) is 15.9 Å². The Labute approximate surface area is 208 Å². The molecule has 4 aromatic rings. The first-order valence-electron chi connectivity index (χ1n) is 10.8. The number of esters is 1. The van der Waals surface area contributed by atoms with E-state index in [0.29, 0.717) is 40.4 Å². The molecule has 0 fully saturated rings. The van der Waals surface area contributed by atoms with Crippen molar-refractivity contribution in [2.24, 2.45) is 0 Å². The van der Waals surface area contributed by atoms with Crippen LogP contribution in [0.5, 0.6) is 17.2 Å².